The fourth-order valence-corrected chi connectivity index (χ4v) is 6.71. The lowest BCUT2D eigenvalue weighted by Crippen LogP contribution is -2.47. The minimum absolute atomic E-state index is 0.101. The number of fused-ring (bicyclic) bond motifs is 4. The van der Waals surface area contributed by atoms with Crippen LogP contribution in [0.4, 0.5) is 0 Å². The van der Waals surface area contributed by atoms with Crippen molar-refractivity contribution < 1.29 is 14.9 Å². The average molecular weight is 332 g/mol. The summed E-state index contributed by atoms with van der Waals surface area (Å²) in [6.45, 7) is 0.259. The maximum absolute atomic E-state index is 10.8. The fraction of sp³-hybridized carbons (Fsp3) is 0.810. The van der Waals surface area contributed by atoms with Gasteiger partial charge in [0.05, 0.1) is 19.0 Å². The Morgan fingerprint density at radius 3 is 2.92 bits per heavy atom. The van der Waals surface area contributed by atoms with E-state index in [4.69, 9.17) is 4.74 Å². The molecule has 4 rings (SSSR count). The molecule has 0 spiro atoms. The largest absolute Gasteiger partial charge is 0.501 e. The number of ether oxygens (including phenoxy) is 1. The van der Waals surface area contributed by atoms with Crippen molar-refractivity contribution in [1.82, 2.24) is 0 Å². The number of aliphatic hydroxyl groups excluding tert-OH is 2. The van der Waals surface area contributed by atoms with Crippen molar-refractivity contribution in [2.24, 2.45) is 23.2 Å². The van der Waals surface area contributed by atoms with Gasteiger partial charge < -0.3 is 14.9 Å². The summed E-state index contributed by atoms with van der Waals surface area (Å²) in [6, 6.07) is 0. The summed E-state index contributed by atoms with van der Waals surface area (Å²) < 4.78 is 5.49. The standard InChI is InChI=1S/C21H32O3/c1-24-15-4-6-16-14(13-15)3-5-18-17(16)9-11-21(10-2-12-22)19(18)7-8-20(21)23/h4,17-20,22-23H,2-3,5-13H2,1H3/t17-,18-,19+,20+,21+/m1/s1. The summed E-state index contributed by atoms with van der Waals surface area (Å²) in [6.07, 6.45) is 13.2. The molecule has 0 aliphatic heterocycles. The molecule has 2 fully saturated rings. The average Bonchev–Trinajstić information content (AvgIpc) is 2.96. The number of rotatable bonds is 4. The molecule has 24 heavy (non-hydrogen) atoms. The molecule has 4 aliphatic rings. The highest BCUT2D eigenvalue weighted by Crippen LogP contribution is 2.62. The molecule has 0 amide bonds. The zero-order chi connectivity index (χ0) is 16.7. The van der Waals surface area contributed by atoms with Crippen LogP contribution < -0.4 is 0 Å². The molecular weight excluding hydrogens is 300 g/mol. The highest BCUT2D eigenvalue weighted by Gasteiger charge is 2.56. The van der Waals surface area contributed by atoms with Crippen molar-refractivity contribution in [3.05, 3.63) is 23.0 Å². The van der Waals surface area contributed by atoms with Crippen molar-refractivity contribution in [2.45, 2.75) is 70.3 Å². The summed E-state index contributed by atoms with van der Waals surface area (Å²) in [5.41, 5.74) is 3.46. The van der Waals surface area contributed by atoms with Gasteiger partial charge in [-0.2, -0.15) is 0 Å². The minimum Gasteiger partial charge on any atom is -0.501 e. The van der Waals surface area contributed by atoms with Crippen LogP contribution in [0.5, 0.6) is 0 Å². The molecule has 0 unspecified atom stereocenters. The smallest absolute Gasteiger partial charge is 0.0959 e. The molecular formula is C21H32O3. The van der Waals surface area contributed by atoms with E-state index >= 15 is 0 Å². The Morgan fingerprint density at radius 2 is 2.12 bits per heavy atom. The minimum atomic E-state index is -0.142. The third-order valence-electron chi connectivity index (χ3n) is 7.79. The second kappa shape index (κ2) is 6.49. The van der Waals surface area contributed by atoms with E-state index in [2.05, 4.69) is 6.08 Å². The van der Waals surface area contributed by atoms with Gasteiger partial charge in [-0.3, -0.25) is 0 Å². The van der Waals surface area contributed by atoms with E-state index in [1.54, 1.807) is 18.3 Å². The number of hydrogen-bond donors (Lipinski definition) is 2. The first kappa shape index (κ1) is 16.7. The number of methoxy groups -OCH3 is 1. The lowest BCUT2D eigenvalue weighted by atomic mass is 9.53. The molecule has 4 aliphatic carbocycles. The molecule has 3 nitrogen and oxygen atoms in total. The molecule has 5 atom stereocenters. The fourth-order valence-electron chi connectivity index (χ4n) is 6.71. The molecule has 2 saturated carbocycles. The highest BCUT2D eigenvalue weighted by atomic mass is 16.5. The van der Waals surface area contributed by atoms with Crippen molar-refractivity contribution >= 4 is 0 Å². The van der Waals surface area contributed by atoms with Crippen molar-refractivity contribution in [3.8, 4) is 0 Å². The van der Waals surface area contributed by atoms with E-state index in [9.17, 15) is 10.2 Å². The first-order chi connectivity index (χ1) is 11.7. The summed E-state index contributed by atoms with van der Waals surface area (Å²) in [7, 11) is 1.79. The van der Waals surface area contributed by atoms with Gasteiger partial charge in [-0.15, -0.1) is 0 Å². The Hall–Kier alpha value is -0.800. The van der Waals surface area contributed by atoms with E-state index in [-0.39, 0.29) is 18.1 Å². The molecule has 0 aromatic rings. The van der Waals surface area contributed by atoms with E-state index < -0.39 is 0 Å². The molecule has 0 bridgehead atoms. The van der Waals surface area contributed by atoms with Crippen LogP contribution in [0.3, 0.4) is 0 Å². The third kappa shape index (κ3) is 2.47. The Labute approximate surface area is 145 Å². The molecule has 0 aromatic heterocycles. The topological polar surface area (TPSA) is 49.7 Å². The monoisotopic (exact) mass is 332 g/mol. The molecule has 0 heterocycles. The maximum atomic E-state index is 10.8. The van der Waals surface area contributed by atoms with Gasteiger partial charge in [0.2, 0.25) is 0 Å². The van der Waals surface area contributed by atoms with Crippen molar-refractivity contribution in [3.63, 3.8) is 0 Å². The number of aliphatic hydroxyl groups is 2. The lowest BCUT2D eigenvalue weighted by molar-refractivity contribution is -0.0536. The van der Waals surface area contributed by atoms with E-state index in [0.717, 1.165) is 56.1 Å². The van der Waals surface area contributed by atoms with Gasteiger partial charge >= 0.3 is 0 Å². The first-order valence-corrected chi connectivity index (χ1v) is 9.92. The highest BCUT2D eigenvalue weighted by molar-refractivity contribution is 5.32. The summed E-state index contributed by atoms with van der Waals surface area (Å²) >= 11 is 0. The van der Waals surface area contributed by atoms with Gasteiger partial charge in [-0.1, -0.05) is 11.1 Å². The van der Waals surface area contributed by atoms with E-state index in [1.807, 2.05) is 0 Å². The lowest BCUT2D eigenvalue weighted by Gasteiger charge is -2.52. The third-order valence-corrected chi connectivity index (χ3v) is 7.79. The Kier molecular flexibility index (Phi) is 4.51. The van der Waals surface area contributed by atoms with E-state index in [1.165, 1.54) is 25.7 Å². The zero-order valence-corrected chi connectivity index (χ0v) is 15.0. The Bertz CT molecular complexity index is 549. The van der Waals surface area contributed by atoms with Crippen LogP contribution in [-0.2, 0) is 4.74 Å². The maximum Gasteiger partial charge on any atom is 0.0959 e. The number of allylic oxidation sites excluding steroid dienone is 3. The predicted octanol–water partition coefficient (Wildman–Crippen LogP) is 3.96. The van der Waals surface area contributed by atoms with Gasteiger partial charge in [0, 0.05) is 13.0 Å². The van der Waals surface area contributed by atoms with Crippen LogP contribution in [0.1, 0.15) is 64.2 Å². The van der Waals surface area contributed by atoms with Gasteiger partial charge in [0.25, 0.3) is 0 Å². The van der Waals surface area contributed by atoms with Crippen LogP contribution >= 0.6 is 0 Å². The summed E-state index contributed by atoms with van der Waals surface area (Å²) in [4.78, 5) is 0. The van der Waals surface area contributed by atoms with Gasteiger partial charge in [0.15, 0.2) is 0 Å². The molecule has 0 aromatic carbocycles. The van der Waals surface area contributed by atoms with Crippen LogP contribution in [0.15, 0.2) is 23.0 Å². The van der Waals surface area contributed by atoms with Gasteiger partial charge in [0.1, 0.15) is 0 Å². The molecule has 2 N–H and O–H groups in total. The Morgan fingerprint density at radius 1 is 1.25 bits per heavy atom. The van der Waals surface area contributed by atoms with Crippen LogP contribution in [0.25, 0.3) is 0 Å². The summed E-state index contributed by atoms with van der Waals surface area (Å²) in [5.74, 6) is 3.31. The van der Waals surface area contributed by atoms with Crippen molar-refractivity contribution in [1.29, 1.82) is 0 Å². The second-order valence-electron chi connectivity index (χ2n) is 8.49. The molecule has 0 saturated heterocycles. The molecule has 3 heteroatoms. The number of hydrogen-bond acceptors (Lipinski definition) is 3. The second-order valence-corrected chi connectivity index (χ2v) is 8.49. The molecule has 134 valence electrons. The van der Waals surface area contributed by atoms with E-state index in [0.29, 0.717) is 5.92 Å². The van der Waals surface area contributed by atoms with Crippen LogP contribution in [0, 0.1) is 23.2 Å². The summed E-state index contributed by atoms with van der Waals surface area (Å²) in [5, 5.41) is 20.1. The normalized spacial score (nSPS) is 41.4. The van der Waals surface area contributed by atoms with Crippen LogP contribution in [0.2, 0.25) is 0 Å². The first-order valence-electron chi connectivity index (χ1n) is 9.92. The van der Waals surface area contributed by atoms with Crippen LogP contribution in [-0.4, -0.2) is 30.0 Å². The Balaban J connectivity index is 1.58. The predicted molar refractivity (Wildman–Crippen MR) is 94.3 cm³/mol. The van der Waals surface area contributed by atoms with Crippen molar-refractivity contribution in [2.75, 3.05) is 13.7 Å². The van der Waals surface area contributed by atoms with Gasteiger partial charge in [-0.05, 0) is 87.0 Å². The molecule has 0 radical (unpaired) electrons. The zero-order valence-electron chi connectivity index (χ0n) is 15.0. The van der Waals surface area contributed by atoms with Gasteiger partial charge in [-0.25, -0.2) is 0 Å². The SMILES string of the molecule is COC1=CCC2=C(CC[C@@H]3[C@@H]2CC[C@]2(CCCO)[C@@H](O)CC[C@@H]32)C1. The quantitative estimate of drug-likeness (QED) is 0.766.